The Kier molecular flexibility index (Phi) is 5.41. The van der Waals surface area contributed by atoms with Crippen LogP contribution in [0.15, 0.2) is 5.38 Å². The SMILES string of the molecule is CNC(=O)N(C(=O)NC)c1nc(CC(N)C(=O)O)cs1. The van der Waals surface area contributed by atoms with Crippen molar-refractivity contribution in [1.29, 1.82) is 0 Å². The summed E-state index contributed by atoms with van der Waals surface area (Å²) in [4.78, 5) is 38.8. The predicted octanol–water partition coefficient (Wildman–Crippen LogP) is -0.417. The van der Waals surface area contributed by atoms with E-state index >= 15 is 0 Å². The van der Waals surface area contributed by atoms with E-state index in [4.69, 9.17) is 10.8 Å². The molecule has 0 aliphatic carbocycles. The summed E-state index contributed by atoms with van der Waals surface area (Å²) in [7, 11) is 2.76. The van der Waals surface area contributed by atoms with Crippen LogP contribution >= 0.6 is 11.3 Å². The van der Waals surface area contributed by atoms with E-state index in [1.54, 1.807) is 5.38 Å². The van der Waals surface area contributed by atoms with E-state index in [0.717, 1.165) is 16.2 Å². The molecule has 4 amide bonds. The van der Waals surface area contributed by atoms with Gasteiger partial charge in [0.2, 0.25) is 5.13 Å². The number of nitrogens with one attached hydrogen (secondary N) is 2. The summed E-state index contributed by atoms with van der Waals surface area (Å²) in [6, 6.07) is -2.38. The van der Waals surface area contributed by atoms with Crippen LogP contribution in [0.5, 0.6) is 0 Å². The first-order valence-electron chi connectivity index (χ1n) is 5.57. The molecule has 9 nitrogen and oxygen atoms in total. The molecular weight excluding hydrogens is 286 g/mol. The van der Waals surface area contributed by atoms with Crippen LogP contribution in [-0.4, -0.2) is 48.3 Å². The first-order chi connectivity index (χ1) is 9.40. The Morgan fingerprint density at radius 1 is 1.40 bits per heavy atom. The summed E-state index contributed by atoms with van der Waals surface area (Å²) in [6.45, 7) is 0. The van der Waals surface area contributed by atoms with E-state index in [1.807, 2.05) is 0 Å². The summed E-state index contributed by atoms with van der Waals surface area (Å²) in [5.41, 5.74) is 5.80. The van der Waals surface area contributed by atoms with Gasteiger partial charge >= 0.3 is 18.0 Å². The summed E-state index contributed by atoms with van der Waals surface area (Å²) in [5, 5.41) is 15.1. The molecule has 1 aromatic heterocycles. The van der Waals surface area contributed by atoms with E-state index in [-0.39, 0.29) is 11.6 Å². The molecule has 5 N–H and O–H groups in total. The number of rotatable bonds is 4. The number of carboxylic acid groups (broad SMARTS) is 1. The fourth-order valence-electron chi connectivity index (χ4n) is 1.29. The third-order valence-electron chi connectivity index (χ3n) is 2.31. The Hall–Kier alpha value is -2.20. The molecule has 0 fully saturated rings. The van der Waals surface area contributed by atoms with E-state index in [0.29, 0.717) is 5.69 Å². The first kappa shape index (κ1) is 15.9. The van der Waals surface area contributed by atoms with Crippen LogP contribution in [0, 0.1) is 0 Å². The third-order valence-corrected chi connectivity index (χ3v) is 3.19. The van der Waals surface area contributed by atoms with Gasteiger partial charge in [-0.05, 0) is 0 Å². The fraction of sp³-hybridized carbons (Fsp3) is 0.400. The zero-order valence-corrected chi connectivity index (χ0v) is 11.7. The zero-order valence-electron chi connectivity index (χ0n) is 10.9. The van der Waals surface area contributed by atoms with Crippen LogP contribution in [-0.2, 0) is 11.2 Å². The lowest BCUT2D eigenvalue weighted by Crippen LogP contribution is -2.46. The van der Waals surface area contributed by atoms with Gasteiger partial charge in [0.15, 0.2) is 0 Å². The average molecular weight is 301 g/mol. The molecule has 10 heteroatoms. The maximum absolute atomic E-state index is 11.7. The number of hydrogen-bond acceptors (Lipinski definition) is 6. The van der Waals surface area contributed by atoms with Crippen LogP contribution in [0.4, 0.5) is 14.7 Å². The molecule has 0 spiro atoms. The van der Waals surface area contributed by atoms with E-state index in [1.165, 1.54) is 14.1 Å². The number of urea groups is 2. The highest BCUT2D eigenvalue weighted by Gasteiger charge is 2.25. The standard InChI is InChI=1S/C10H15N5O4S/c1-12-8(18)15(9(19)13-2)10-14-5(4-20-10)3-6(11)7(16)17/h4,6H,3,11H2,1-2H3,(H,12,18)(H,13,19)(H,16,17). The van der Waals surface area contributed by atoms with Crippen LogP contribution in [0.25, 0.3) is 0 Å². The molecule has 1 heterocycles. The minimum Gasteiger partial charge on any atom is -0.480 e. The molecule has 1 unspecified atom stereocenters. The molecule has 110 valence electrons. The van der Waals surface area contributed by atoms with Gasteiger partial charge in [0.05, 0.1) is 5.69 Å². The molecule has 20 heavy (non-hydrogen) atoms. The van der Waals surface area contributed by atoms with Gasteiger partial charge in [-0.2, -0.15) is 4.90 Å². The molecule has 1 aromatic rings. The minimum atomic E-state index is -1.14. The number of imide groups is 1. The maximum Gasteiger partial charge on any atom is 0.331 e. The van der Waals surface area contributed by atoms with Crippen molar-refractivity contribution in [3.05, 3.63) is 11.1 Å². The number of thiazole rings is 1. The highest BCUT2D eigenvalue weighted by Crippen LogP contribution is 2.21. The van der Waals surface area contributed by atoms with Gasteiger partial charge in [-0.25, -0.2) is 14.6 Å². The van der Waals surface area contributed by atoms with Crippen molar-refractivity contribution in [3.8, 4) is 0 Å². The molecule has 0 aliphatic rings. The second-order valence-corrected chi connectivity index (χ2v) is 4.55. The number of amides is 4. The van der Waals surface area contributed by atoms with Crippen molar-refractivity contribution in [2.24, 2.45) is 5.73 Å². The molecular formula is C10H15N5O4S. The second-order valence-electron chi connectivity index (χ2n) is 3.72. The Morgan fingerprint density at radius 2 is 1.95 bits per heavy atom. The molecule has 0 aromatic carbocycles. The van der Waals surface area contributed by atoms with Gasteiger partial charge in [-0.3, -0.25) is 4.79 Å². The van der Waals surface area contributed by atoms with Crippen molar-refractivity contribution < 1.29 is 19.5 Å². The first-order valence-corrected chi connectivity index (χ1v) is 6.45. The quantitative estimate of drug-likeness (QED) is 0.596. The number of aliphatic carboxylic acids is 1. The molecule has 0 saturated carbocycles. The van der Waals surface area contributed by atoms with Gasteiger partial charge in [-0.1, -0.05) is 0 Å². The summed E-state index contributed by atoms with van der Waals surface area (Å²) >= 11 is 1.04. The number of carbonyl (C=O) groups is 3. The molecule has 0 aliphatic heterocycles. The van der Waals surface area contributed by atoms with E-state index < -0.39 is 24.1 Å². The van der Waals surface area contributed by atoms with Gasteiger partial charge in [0.25, 0.3) is 0 Å². The Labute approximate surface area is 118 Å². The van der Waals surface area contributed by atoms with Gasteiger partial charge in [0, 0.05) is 25.9 Å². The van der Waals surface area contributed by atoms with Crippen LogP contribution in [0.1, 0.15) is 5.69 Å². The van der Waals surface area contributed by atoms with Gasteiger partial charge < -0.3 is 21.5 Å². The maximum atomic E-state index is 11.7. The average Bonchev–Trinajstić information content (AvgIpc) is 2.86. The van der Waals surface area contributed by atoms with Crippen LogP contribution in [0.3, 0.4) is 0 Å². The smallest absolute Gasteiger partial charge is 0.331 e. The lowest BCUT2D eigenvalue weighted by atomic mass is 10.2. The highest BCUT2D eigenvalue weighted by molar-refractivity contribution is 7.14. The van der Waals surface area contributed by atoms with E-state index in [2.05, 4.69) is 15.6 Å². The number of carboxylic acids is 1. The largest absolute Gasteiger partial charge is 0.480 e. The van der Waals surface area contributed by atoms with Crippen molar-refractivity contribution in [3.63, 3.8) is 0 Å². The van der Waals surface area contributed by atoms with Crippen molar-refractivity contribution in [2.75, 3.05) is 19.0 Å². The molecule has 0 bridgehead atoms. The number of anilines is 1. The highest BCUT2D eigenvalue weighted by atomic mass is 32.1. The van der Waals surface area contributed by atoms with Crippen LogP contribution < -0.4 is 21.3 Å². The normalized spacial score (nSPS) is 11.6. The fourth-order valence-corrected chi connectivity index (χ4v) is 2.13. The molecule has 1 rings (SSSR count). The lowest BCUT2D eigenvalue weighted by molar-refractivity contribution is -0.138. The Bertz CT molecular complexity index is 502. The molecule has 0 radical (unpaired) electrons. The van der Waals surface area contributed by atoms with Crippen molar-refractivity contribution in [1.82, 2.24) is 15.6 Å². The van der Waals surface area contributed by atoms with Crippen molar-refractivity contribution in [2.45, 2.75) is 12.5 Å². The van der Waals surface area contributed by atoms with Gasteiger partial charge in [0.1, 0.15) is 6.04 Å². The Morgan fingerprint density at radius 3 is 2.40 bits per heavy atom. The Balaban J connectivity index is 2.94. The summed E-state index contributed by atoms with van der Waals surface area (Å²) in [6.07, 6.45) is 0.0150. The van der Waals surface area contributed by atoms with Crippen molar-refractivity contribution >= 4 is 34.5 Å². The van der Waals surface area contributed by atoms with Crippen LogP contribution in [0.2, 0.25) is 0 Å². The van der Waals surface area contributed by atoms with E-state index in [9.17, 15) is 14.4 Å². The summed E-state index contributed by atoms with van der Waals surface area (Å²) in [5.74, 6) is -1.14. The number of nitrogens with zero attached hydrogens (tertiary/aromatic N) is 2. The number of hydrogen-bond donors (Lipinski definition) is 4. The summed E-state index contributed by atoms with van der Waals surface area (Å²) < 4.78 is 0. The monoisotopic (exact) mass is 301 g/mol. The number of carbonyl (C=O) groups excluding carboxylic acids is 2. The third kappa shape index (κ3) is 3.65. The minimum absolute atomic E-state index is 0.0150. The topological polar surface area (TPSA) is 138 Å². The zero-order chi connectivity index (χ0) is 15.3. The number of aromatic nitrogens is 1. The second kappa shape index (κ2) is 6.82. The predicted molar refractivity (Wildman–Crippen MR) is 72.8 cm³/mol. The van der Waals surface area contributed by atoms with Gasteiger partial charge in [-0.15, -0.1) is 11.3 Å². The lowest BCUT2D eigenvalue weighted by Gasteiger charge is -2.16. The number of nitrogens with two attached hydrogens (primary N) is 1. The molecule has 0 saturated heterocycles. The molecule has 1 atom stereocenters.